The van der Waals surface area contributed by atoms with E-state index in [0.29, 0.717) is 17.4 Å². The molecule has 1 unspecified atom stereocenters. The van der Waals surface area contributed by atoms with Crippen molar-refractivity contribution < 1.29 is 9.84 Å². The number of hydrogen-bond acceptors (Lipinski definition) is 4. The van der Waals surface area contributed by atoms with Crippen molar-refractivity contribution in [2.24, 2.45) is 5.73 Å². The minimum Gasteiger partial charge on any atom is -0.487 e. The van der Waals surface area contributed by atoms with Crippen LogP contribution in [0.4, 0.5) is 0 Å². The molecule has 0 aromatic heterocycles. The van der Waals surface area contributed by atoms with Crippen LogP contribution < -0.4 is 10.5 Å². The zero-order chi connectivity index (χ0) is 21.0. The van der Waals surface area contributed by atoms with Crippen LogP contribution in [0.3, 0.4) is 0 Å². The average Bonchev–Trinajstić information content (AvgIpc) is 3.17. The van der Waals surface area contributed by atoms with Gasteiger partial charge in [-0.15, -0.1) is 0 Å². The number of halogens is 1. The number of rotatable bonds is 7. The fourth-order valence-electron chi connectivity index (χ4n) is 4.97. The molecule has 0 radical (unpaired) electrons. The smallest absolute Gasteiger partial charge is 0.138 e. The van der Waals surface area contributed by atoms with Gasteiger partial charge in [0.2, 0.25) is 0 Å². The maximum atomic E-state index is 11.6. The molecular formula is C25H33ClN2O2. The first-order chi connectivity index (χ1) is 14.5. The second-order valence-electron chi connectivity index (χ2n) is 8.99. The van der Waals surface area contributed by atoms with E-state index in [9.17, 15) is 5.11 Å². The number of aliphatic hydroxyl groups is 1. The van der Waals surface area contributed by atoms with Crippen LogP contribution in [0, 0.1) is 0 Å². The number of nitrogens with two attached hydrogens (primary N) is 1. The average molecular weight is 429 g/mol. The highest BCUT2D eigenvalue weighted by molar-refractivity contribution is 6.32. The third-order valence-corrected chi connectivity index (χ3v) is 7.01. The summed E-state index contributed by atoms with van der Waals surface area (Å²) in [5.74, 6) is 0.714. The van der Waals surface area contributed by atoms with E-state index in [-0.39, 0.29) is 12.0 Å². The summed E-state index contributed by atoms with van der Waals surface area (Å²) in [7, 11) is 0. The molecule has 2 aromatic rings. The molecule has 162 valence electrons. The van der Waals surface area contributed by atoms with Crippen molar-refractivity contribution in [2.75, 3.05) is 19.6 Å². The second kappa shape index (κ2) is 9.69. The highest BCUT2D eigenvalue weighted by Crippen LogP contribution is 2.42. The topological polar surface area (TPSA) is 58.7 Å². The van der Waals surface area contributed by atoms with E-state index in [2.05, 4.69) is 11.0 Å². The van der Waals surface area contributed by atoms with Crippen molar-refractivity contribution in [1.82, 2.24) is 4.90 Å². The van der Waals surface area contributed by atoms with E-state index in [1.807, 2.05) is 42.5 Å². The largest absolute Gasteiger partial charge is 0.487 e. The Balaban J connectivity index is 1.52. The summed E-state index contributed by atoms with van der Waals surface area (Å²) in [5.41, 5.74) is 7.66. The third kappa shape index (κ3) is 5.17. The molecule has 5 heteroatoms. The van der Waals surface area contributed by atoms with Crippen molar-refractivity contribution in [3.63, 3.8) is 0 Å². The van der Waals surface area contributed by atoms with Gasteiger partial charge in [0.15, 0.2) is 0 Å². The Morgan fingerprint density at radius 2 is 1.90 bits per heavy atom. The van der Waals surface area contributed by atoms with Crippen molar-refractivity contribution in [3.8, 4) is 5.75 Å². The van der Waals surface area contributed by atoms with Gasteiger partial charge in [0.25, 0.3) is 0 Å². The molecule has 1 saturated heterocycles. The lowest BCUT2D eigenvalue weighted by Gasteiger charge is -2.41. The first kappa shape index (κ1) is 21.6. The van der Waals surface area contributed by atoms with E-state index in [1.165, 1.54) is 6.42 Å². The molecule has 4 nitrogen and oxygen atoms in total. The first-order valence-electron chi connectivity index (χ1n) is 11.2. The Morgan fingerprint density at radius 1 is 1.13 bits per heavy atom. The maximum Gasteiger partial charge on any atom is 0.138 e. The highest BCUT2D eigenvalue weighted by atomic mass is 35.5. The SMILES string of the molecule is N[C@@H]1CCN(CC(c2ccc(OCc3ccccc3)c(Cl)c2)C2(O)CCCCC2)C1. The monoisotopic (exact) mass is 428 g/mol. The summed E-state index contributed by atoms with van der Waals surface area (Å²) in [6.07, 6.45) is 6.09. The van der Waals surface area contributed by atoms with Gasteiger partial charge in [0, 0.05) is 25.0 Å². The molecule has 0 spiro atoms. The van der Waals surface area contributed by atoms with E-state index < -0.39 is 5.60 Å². The van der Waals surface area contributed by atoms with Crippen LogP contribution in [-0.2, 0) is 6.61 Å². The third-order valence-electron chi connectivity index (χ3n) is 6.71. The Kier molecular flexibility index (Phi) is 6.99. The van der Waals surface area contributed by atoms with Crippen LogP contribution in [-0.4, -0.2) is 41.3 Å². The zero-order valence-electron chi connectivity index (χ0n) is 17.6. The summed E-state index contributed by atoms with van der Waals surface area (Å²) < 4.78 is 5.95. The van der Waals surface area contributed by atoms with Crippen LogP contribution in [0.1, 0.15) is 55.6 Å². The lowest BCUT2D eigenvalue weighted by molar-refractivity contribution is -0.0294. The summed E-state index contributed by atoms with van der Waals surface area (Å²) >= 11 is 6.62. The second-order valence-corrected chi connectivity index (χ2v) is 9.40. The Labute approximate surface area is 185 Å². The molecule has 2 fully saturated rings. The molecule has 1 aliphatic carbocycles. The van der Waals surface area contributed by atoms with Crippen LogP contribution in [0.5, 0.6) is 5.75 Å². The minimum absolute atomic E-state index is 0.0313. The van der Waals surface area contributed by atoms with Crippen molar-refractivity contribution in [1.29, 1.82) is 0 Å². The maximum absolute atomic E-state index is 11.6. The van der Waals surface area contributed by atoms with Gasteiger partial charge in [0.05, 0.1) is 10.6 Å². The molecular weight excluding hydrogens is 396 g/mol. The molecule has 0 amide bonds. The highest BCUT2D eigenvalue weighted by Gasteiger charge is 2.40. The van der Waals surface area contributed by atoms with Gasteiger partial charge in [-0.3, -0.25) is 0 Å². The van der Waals surface area contributed by atoms with Gasteiger partial charge >= 0.3 is 0 Å². The van der Waals surface area contributed by atoms with Gasteiger partial charge in [-0.1, -0.05) is 67.3 Å². The Morgan fingerprint density at radius 3 is 2.57 bits per heavy atom. The summed E-state index contributed by atoms with van der Waals surface area (Å²) in [6, 6.07) is 16.4. The number of nitrogens with zero attached hydrogens (tertiary/aromatic N) is 1. The number of ether oxygens (including phenoxy) is 1. The Bertz CT molecular complexity index is 823. The van der Waals surface area contributed by atoms with Crippen LogP contribution in [0.25, 0.3) is 0 Å². The number of hydrogen-bond donors (Lipinski definition) is 2. The fraction of sp³-hybridized carbons (Fsp3) is 0.520. The Hall–Kier alpha value is -1.59. The minimum atomic E-state index is -0.680. The van der Waals surface area contributed by atoms with Gasteiger partial charge in [-0.25, -0.2) is 0 Å². The van der Waals surface area contributed by atoms with Crippen molar-refractivity contribution in [3.05, 3.63) is 64.7 Å². The number of benzene rings is 2. The van der Waals surface area contributed by atoms with Crippen molar-refractivity contribution >= 4 is 11.6 Å². The van der Waals surface area contributed by atoms with E-state index >= 15 is 0 Å². The predicted molar refractivity (Wildman–Crippen MR) is 122 cm³/mol. The molecule has 4 rings (SSSR count). The molecule has 1 heterocycles. The fourth-order valence-corrected chi connectivity index (χ4v) is 5.21. The van der Waals surface area contributed by atoms with Gasteiger partial charge in [-0.2, -0.15) is 0 Å². The molecule has 2 atom stereocenters. The molecule has 2 aliphatic rings. The molecule has 2 aromatic carbocycles. The molecule has 3 N–H and O–H groups in total. The normalized spacial score (nSPS) is 22.7. The summed E-state index contributed by atoms with van der Waals surface area (Å²) in [6.45, 7) is 3.21. The predicted octanol–water partition coefficient (Wildman–Crippen LogP) is 4.73. The molecule has 1 saturated carbocycles. The number of likely N-dealkylation sites (tertiary alicyclic amines) is 1. The first-order valence-corrected chi connectivity index (χ1v) is 11.6. The summed E-state index contributed by atoms with van der Waals surface area (Å²) in [5, 5.41) is 12.2. The lowest BCUT2D eigenvalue weighted by atomic mass is 9.72. The van der Waals surface area contributed by atoms with E-state index in [4.69, 9.17) is 22.1 Å². The van der Waals surface area contributed by atoms with Crippen LogP contribution >= 0.6 is 11.6 Å². The lowest BCUT2D eigenvalue weighted by Crippen LogP contribution is -2.44. The standard InChI is InChI=1S/C25H33ClN2O2/c26-23-15-20(9-10-24(23)30-18-19-7-3-1-4-8-19)22(17-28-14-11-21(27)16-28)25(29)12-5-2-6-13-25/h1,3-4,7-10,15,21-22,29H,2,5-6,11-14,16-18,27H2/t21-,22?/m1/s1. The molecule has 1 aliphatic heterocycles. The molecule has 30 heavy (non-hydrogen) atoms. The van der Waals surface area contributed by atoms with E-state index in [0.717, 1.165) is 62.9 Å². The van der Waals surface area contributed by atoms with Gasteiger partial charge < -0.3 is 20.5 Å². The van der Waals surface area contributed by atoms with Crippen LogP contribution in [0.2, 0.25) is 5.02 Å². The summed E-state index contributed by atoms with van der Waals surface area (Å²) in [4.78, 5) is 2.40. The van der Waals surface area contributed by atoms with Crippen LogP contribution in [0.15, 0.2) is 48.5 Å². The molecule has 0 bridgehead atoms. The van der Waals surface area contributed by atoms with Crippen molar-refractivity contribution in [2.45, 2.75) is 62.7 Å². The van der Waals surface area contributed by atoms with E-state index in [1.54, 1.807) is 0 Å². The van der Waals surface area contributed by atoms with Gasteiger partial charge in [0.1, 0.15) is 12.4 Å². The zero-order valence-corrected chi connectivity index (χ0v) is 18.4. The quantitative estimate of drug-likeness (QED) is 0.669. The van der Waals surface area contributed by atoms with Gasteiger partial charge in [-0.05, 0) is 49.1 Å².